The van der Waals surface area contributed by atoms with Gasteiger partial charge in [-0.2, -0.15) is 4.98 Å². The fraction of sp³-hybridized carbons (Fsp3) is 0.733. The molecule has 5 heteroatoms. The van der Waals surface area contributed by atoms with Gasteiger partial charge >= 0.3 is 0 Å². The Kier molecular flexibility index (Phi) is 5.89. The average Bonchev–Trinajstić information content (AvgIpc) is 2.71. The molecule has 0 spiro atoms. The van der Waals surface area contributed by atoms with Crippen molar-refractivity contribution in [2.75, 3.05) is 29.9 Å². The molecule has 1 aromatic rings. The molecular weight excluding hydrogens is 272 g/mol. The number of halogens is 1. The zero-order valence-corrected chi connectivity index (χ0v) is 13.3. The molecule has 0 radical (unpaired) electrons. The van der Waals surface area contributed by atoms with E-state index in [0.717, 1.165) is 37.8 Å². The van der Waals surface area contributed by atoms with Crippen LogP contribution >= 0.6 is 11.6 Å². The maximum absolute atomic E-state index is 6.29. The minimum absolute atomic E-state index is 0.655. The van der Waals surface area contributed by atoms with Crippen LogP contribution in [0, 0.1) is 5.92 Å². The molecule has 0 amide bonds. The molecule has 1 aromatic heterocycles. The Bertz CT molecular complexity index is 424. The van der Waals surface area contributed by atoms with Crippen molar-refractivity contribution >= 4 is 23.4 Å². The Hall–Kier alpha value is -1.03. The number of nitrogens with zero attached hydrogens (tertiary/aromatic N) is 3. The lowest BCUT2D eigenvalue weighted by atomic mass is 9.98. The molecule has 1 aliphatic rings. The molecule has 0 bridgehead atoms. The van der Waals surface area contributed by atoms with Crippen molar-refractivity contribution in [3.05, 3.63) is 11.2 Å². The molecule has 20 heavy (non-hydrogen) atoms. The molecule has 2 heterocycles. The summed E-state index contributed by atoms with van der Waals surface area (Å²) in [4.78, 5) is 11.2. The van der Waals surface area contributed by atoms with Gasteiger partial charge < -0.3 is 10.2 Å². The topological polar surface area (TPSA) is 41.1 Å². The van der Waals surface area contributed by atoms with Crippen molar-refractivity contribution in [1.82, 2.24) is 9.97 Å². The largest absolute Gasteiger partial charge is 0.355 e. The molecule has 1 saturated heterocycles. The first-order valence-corrected chi connectivity index (χ1v) is 8.13. The van der Waals surface area contributed by atoms with Gasteiger partial charge in [-0.15, -0.1) is 0 Å². The highest BCUT2D eigenvalue weighted by molar-refractivity contribution is 6.32. The highest BCUT2D eigenvalue weighted by atomic mass is 35.5. The van der Waals surface area contributed by atoms with E-state index in [0.29, 0.717) is 11.0 Å². The van der Waals surface area contributed by atoms with E-state index in [1.54, 1.807) is 6.20 Å². The van der Waals surface area contributed by atoms with Crippen LogP contribution < -0.4 is 10.2 Å². The summed E-state index contributed by atoms with van der Waals surface area (Å²) in [7, 11) is 0. The van der Waals surface area contributed by atoms with E-state index in [1.165, 1.54) is 25.7 Å². The van der Waals surface area contributed by atoms with E-state index in [2.05, 4.69) is 34.0 Å². The van der Waals surface area contributed by atoms with Gasteiger partial charge in [0, 0.05) is 19.6 Å². The van der Waals surface area contributed by atoms with Crippen molar-refractivity contribution in [3.63, 3.8) is 0 Å². The van der Waals surface area contributed by atoms with Gasteiger partial charge in [0.15, 0.2) is 5.82 Å². The minimum Gasteiger partial charge on any atom is -0.355 e. The summed E-state index contributed by atoms with van der Waals surface area (Å²) < 4.78 is 0. The Morgan fingerprint density at radius 2 is 2.20 bits per heavy atom. The summed E-state index contributed by atoms with van der Waals surface area (Å²) in [6.45, 7) is 7.39. The lowest BCUT2D eigenvalue weighted by Crippen LogP contribution is -2.26. The van der Waals surface area contributed by atoms with E-state index in [9.17, 15) is 0 Å². The van der Waals surface area contributed by atoms with Gasteiger partial charge in [-0.25, -0.2) is 4.98 Å². The summed E-state index contributed by atoms with van der Waals surface area (Å²) in [5.74, 6) is 2.41. The Labute approximate surface area is 126 Å². The minimum atomic E-state index is 0.655. The molecule has 1 N–H and O–H groups in total. The smallest absolute Gasteiger partial charge is 0.224 e. The normalized spacial score (nSPS) is 19.8. The van der Waals surface area contributed by atoms with Crippen LogP contribution in [0.25, 0.3) is 0 Å². The number of nitrogens with one attached hydrogen (secondary N) is 1. The summed E-state index contributed by atoms with van der Waals surface area (Å²) in [6, 6.07) is 0. The van der Waals surface area contributed by atoms with Crippen molar-refractivity contribution < 1.29 is 0 Å². The van der Waals surface area contributed by atoms with Gasteiger partial charge in [0.25, 0.3) is 0 Å². The van der Waals surface area contributed by atoms with Gasteiger partial charge in [0.1, 0.15) is 5.02 Å². The second kappa shape index (κ2) is 7.67. The SMILES string of the molecule is CCCNc1ncc(Cl)c(N2CCCC(CC)CC2)n1. The van der Waals surface area contributed by atoms with Crippen LogP contribution in [0.3, 0.4) is 0 Å². The lowest BCUT2D eigenvalue weighted by Gasteiger charge is -2.23. The number of anilines is 2. The van der Waals surface area contributed by atoms with E-state index < -0.39 is 0 Å². The van der Waals surface area contributed by atoms with Gasteiger partial charge in [-0.1, -0.05) is 31.9 Å². The highest BCUT2D eigenvalue weighted by Gasteiger charge is 2.19. The van der Waals surface area contributed by atoms with Crippen LogP contribution in [0.15, 0.2) is 6.20 Å². The Morgan fingerprint density at radius 3 is 2.95 bits per heavy atom. The fourth-order valence-corrected chi connectivity index (χ4v) is 2.90. The predicted octanol–water partition coefficient (Wildman–Crippen LogP) is 3.97. The quantitative estimate of drug-likeness (QED) is 0.892. The number of hydrogen-bond donors (Lipinski definition) is 1. The van der Waals surface area contributed by atoms with Gasteiger partial charge in [-0.3, -0.25) is 0 Å². The first kappa shape index (κ1) is 15.4. The van der Waals surface area contributed by atoms with Crippen molar-refractivity contribution in [3.8, 4) is 0 Å². The molecule has 1 fully saturated rings. The third kappa shape index (κ3) is 3.98. The predicted molar refractivity (Wildman–Crippen MR) is 85.7 cm³/mol. The molecule has 1 unspecified atom stereocenters. The third-order valence-electron chi connectivity index (χ3n) is 3.98. The Balaban J connectivity index is 2.10. The number of hydrogen-bond acceptors (Lipinski definition) is 4. The van der Waals surface area contributed by atoms with Crippen LogP contribution in [-0.2, 0) is 0 Å². The van der Waals surface area contributed by atoms with E-state index >= 15 is 0 Å². The summed E-state index contributed by atoms with van der Waals surface area (Å²) in [6.07, 6.45) is 7.81. The molecule has 1 aliphatic heterocycles. The molecule has 1 atom stereocenters. The van der Waals surface area contributed by atoms with Crippen LogP contribution in [-0.4, -0.2) is 29.6 Å². The summed E-state index contributed by atoms with van der Waals surface area (Å²) in [5.41, 5.74) is 0. The second-order valence-corrected chi connectivity index (χ2v) is 5.89. The lowest BCUT2D eigenvalue weighted by molar-refractivity contribution is 0.459. The zero-order valence-electron chi connectivity index (χ0n) is 12.5. The first-order valence-electron chi connectivity index (χ1n) is 7.76. The maximum atomic E-state index is 6.29. The van der Waals surface area contributed by atoms with E-state index in [1.807, 2.05) is 0 Å². The average molecular weight is 297 g/mol. The van der Waals surface area contributed by atoms with Crippen LogP contribution in [0.4, 0.5) is 11.8 Å². The van der Waals surface area contributed by atoms with Gasteiger partial charge in [0.05, 0.1) is 6.20 Å². The van der Waals surface area contributed by atoms with Crippen LogP contribution in [0.5, 0.6) is 0 Å². The molecular formula is C15H25ClN4. The standard InChI is InChI=1S/C15H25ClN4/c1-3-8-17-15-18-11-13(16)14(19-15)20-9-5-6-12(4-2)7-10-20/h11-12H,3-10H2,1-2H3,(H,17,18,19). The molecule has 112 valence electrons. The number of rotatable bonds is 5. The Morgan fingerprint density at radius 1 is 1.35 bits per heavy atom. The van der Waals surface area contributed by atoms with Crippen LogP contribution in [0.2, 0.25) is 5.02 Å². The molecule has 2 rings (SSSR count). The number of aromatic nitrogens is 2. The third-order valence-corrected chi connectivity index (χ3v) is 4.25. The fourth-order valence-electron chi connectivity index (χ4n) is 2.69. The molecule has 0 saturated carbocycles. The monoisotopic (exact) mass is 296 g/mol. The zero-order chi connectivity index (χ0) is 14.4. The van der Waals surface area contributed by atoms with E-state index in [4.69, 9.17) is 11.6 Å². The summed E-state index contributed by atoms with van der Waals surface area (Å²) in [5, 5.41) is 3.88. The second-order valence-electron chi connectivity index (χ2n) is 5.48. The highest BCUT2D eigenvalue weighted by Crippen LogP contribution is 2.28. The van der Waals surface area contributed by atoms with Crippen molar-refractivity contribution in [2.45, 2.75) is 46.0 Å². The van der Waals surface area contributed by atoms with Crippen molar-refractivity contribution in [2.24, 2.45) is 5.92 Å². The van der Waals surface area contributed by atoms with Gasteiger partial charge in [-0.05, 0) is 31.6 Å². The van der Waals surface area contributed by atoms with E-state index in [-0.39, 0.29) is 0 Å². The van der Waals surface area contributed by atoms with Crippen molar-refractivity contribution in [1.29, 1.82) is 0 Å². The van der Waals surface area contributed by atoms with Crippen LogP contribution in [0.1, 0.15) is 46.0 Å². The molecule has 4 nitrogen and oxygen atoms in total. The summed E-state index contributed by atoms with van der Waals surface area (Å²) >= 11 is 6.29. The van der Waals surface area contributed by atoms with Gasteiger partial charge in [0.2, 0.25) is 5.95 Å². The molecule has 0 aliphatic carbocycles. The first-order chi connectivity index (χ1) is 9.74. The molecule has 0 aromatic carbocycles. The maximum Gasteiger partial charge on any atom is 0.224 e.